The van der Waals surface area contributed by atoms with Crippen molar-refractivity contribution in [2.75, 3.05) is 25.5 Å². The molecule has 1 aromatic heterocycles. The number of rotatable bonds is 4. The van der Waals surface area contributed by atoms with Crippen LogP contribution >= 0.6 is 24.0 Å². The number of hydrogen-bond acceptors (Lipinski definition) is 4. The monoisotopic (exact) mass is 355 g/mol. The maximum absolute atomic E-state index is 12.3. The molecule has 1 aliphatic heterocycles. The van der Waals surface area contributed by atoms with Crippen molar-refractivity contribution in [1.29, 1.82) is 0 Å². The lowest BCUT2D eigenvalue weighted by atomic mass is 10.1. The largest absolute Gasteiger partial charge is 0.388 e. The van der Waals surface area contributed by atoms with Crippen LogP contribution in [0.4, 0.5) is 5.69 Å². The summed E-state index contributed by atoms with van der Waals surface area (Å²) in [5.74, 6) is 0.742. The Labute approximate surface area is 146 Å². The van der Waals surface area contributed by atoms with Gasteiger partial charge in [0.1, 0.15) is 12.9 Å². The number of amides is 1. The van der Waals surface area contributed by atoms with E-state index in [1.54, 1.807) is 10.9 Å². The van der Waals surface area contributed by atoms with Gasteiger partial charge in [-0.1, -0.05) is 11.6 Å². The number of nitrogens with one attached hydrogen (secondary N) is 1. The minimum atomic E-state index is 0. The van der Waals surface area contributed by atoms with Gasteiger partial charge >= 0.3 is 0 Å². The molecule has 0 radical (unpaired) electrons. The fourth-order valence-corrected chi connectivity index (χ4v) is 2.88. The summed E-state index contributed by atoms with van der Waals surface area (Å²) >= 11 is 6.09. The van der Waals surface area contributed by atoms with Gasteiger partial charge in [0, 0.05) is 36.4 Å². The van der Waals surface area contributed by atoms with Gasteiger partial charge in [0.05, 0.1) is 0 Å². The van der Waals surface area contributed by atoms with E-state index in [1.807, 2.05) is 30.1 Å². The van der Waals surface area contributed by atoms with Crippen LogP contribution in [0.5, 0.6) is 0 Å². The lowest BCUT2D eigenvalue weighted by Gasteiger charge is -2.16. The standard InChI is InChI=1S/C15H18ClN5O.ClH/c1-17-13-5-4-11(16)8-12(13)15-19-18-10-21(15)9-14(22)20-6-2-3-7-20;/h4-5,8,10,17H,2-3,6-7,9H2,1H3;1H. The number of benzene rings is 1. The van der Waals surface area contributed by atoms with Crippen molar-refractivity contribution < 1.29 is 4.79 Å². The summed E-state index contributed by atoms with van der Waals surface area (Å²) in [7, 11) is 1.84. The quantitative estimate of drug-likeness (QED) is 0.915. The molecule has 1 aliphatic rings. The highest BCUT2D eigenvalue weighted by Gasteiger charge is 2.20. The first kappa shape index (κ1) is 17.6. The third-order valence-corrected chi connectivity index (χ3v) is 4.11. The molecule has 124 valence electrons. The number of hydrogen-bond donors (Lipinski definition) is 1. The number of carbonyl (C=O) groups is 1. The minimum Gasteiger partial charge on any atom is -0.388 e. The van der Waals surface area contributed by atoms with Crippen molar-refractivity contribution in [3.63, 3.8) is 0 Å². The molecular formula is C15H19Cl2N5O. The van der Waals surface area contributed by atoms with Gasteiger partial charge < -0.3 is 14.8 Å². The lowest BCUT2D eigenvalue weighted by Crippen LogP contribution is -2.31. The highest BCUT2D eigenvalue weighted by atomic mass is 35.5. The molecule has 1 saturated heterocycles. The summed E-state index contributed by atoms with van der Waals surface area (Å²) in [5.41, 5.74) is 1.73. The van der Waals surface area contributed by atoms with Crippen molar-refractivity contribution >= 4 is 35.6 Å². The van der Waals surface area contributed by atoms with Crippen LogP contribution in [0, 0.1) is 0 Å². The number of likely N-dealkylation sites (tertiary alicyclic amines) is 1. The van der Waals surface area contributed by atoms with Gasteiger partial charge in [-0.3, -0.25) is 4.79 Å². The Hall–Kier alpha value is -1.79. The number of nitrogens with zero attached hydrogens (tertiary/aromatic N) is 4. The van der Waals surface area contributed by atoms with Crippen LogP contribution in [0.2, 0.25) is 5.02 Å². The van der Waals surface area contributed by atoms with Gasteiger partial charge in [-0.05, 0) is 31.0 Å². The number of anilines is 1. The van der Waals surface area contributed by atoms with Gasteiger partial charge in [0.2, 0.25) is 5.91 Å². The SMILES string of the molecule is CNc1ccc(Cl)cc1-c1nncn1CC(=O)N1CCCC1.Cl. The van der Waals surface area contributed by atoms with Gasteiger partial charge in [-0.25, -0.2) is 0 Å². The van der Waals surface area contributed by atoms with E-state index < -0.39 is 0 Å². The summed E-state index contributed by atoms with van der Waals surface area (Å²) in [6, 6.07) is 5.53. The van der Waals surface area contributed by atoms with Crippen LogP contribution in [0.1, 0.15) is 12.8 Å². The van der Waals surface area contributed by atoms with Gasteiger partial charge in [0.25, 0.3) is 0 Å². The predicted molar refractivity (Wildman–Crippen MR) is 93.1 cm³/mol. The molecule has 2 heterocycles. The zero-order valence-corrected chi connectivity index (χ0v) is 14.4. The van der Waals surface area contributed by atoms with Crippen molar-refractivity contribution in [1.82, 2.24) is 19.7 Å². The Morgan fingerprint density at radius 3 is 2.78 bits per heavy atom. The van der Waals surface area contributed by atoms with Crippen LogP contribution in [-0.4, -0.2) is 45.7 Å². The van der Waals surface area contributed by atoms with Crippen LogP contribution in [0.25, 0.3) is 11.4 Å². The van der Waals surface area contributed by atoms with E-state index in [-0.39, 0.29) is 24.9 Å². The third kappa shape index (κ3) is 3.76. The maximum atomic E-state index is 12.3. The average Bonchev–Trinajstić information content (AvgIpc) is 3.18. The first-order valence-electron chi connectivity index (χ1n) is 7.32. The molecule has 2 aromatic rings. The molecule has 23 heavy (non-hydrogen) atoms. The molecule has 8 heteroatoms. The predicted octanol–water partition coefficient (Wildman–Crippen LogP) is 2.68. The van der Waals surface area contributed by atoms with Gasteiger partial charge in [0.15, 0.2) is 5.82 Å². The molecule has 0 unspecified atom stereocenters. The van der Waals surface area contributed by atoms with Crippen molar-refractivity contribution in [2.24, 2.45) is 0 Å². The molecule has 1 amide bonds. The summed E-state index contributed by atoms with van der Waals surface area (Å²) in [6.45, 7) is 1.93. The minimum absolute atomic E-state index is 0. The van der Waals surface area contributed by atoms with Crippen LogP contribution in [0.3, 0.4) is 0 Å². The molecule has 6 nitrogen and oxygen atoms in total. The van der Waals surface area contributed by atoms with E-state index >= 15 is 0 Å². The number of aromatic nitrogens is 3. The highest BCUT2D eigenvalue weighted by Crippen LogP contribution is 2.29. The second kappa shape index (κ2) is 7.66. The molecule has 1 N–H and O–H groups in total. The summed E-state index contributed by atoms with van der Waals surface area (Å²) in [6.07, 6.45) is 3.75. The zero-order chi connectivity index (χ0) is 15.5. The Morgan fingerprint density at radius 1 is 1.35 bits per heavy atom. The Morgan fingerprint density at radius 2 is 2.09 bits per heavy atom. The second-order valence-corrected chi connectivity index (χ2v) is 5.75. The molecule has 0 saturated carbocycles. The van der Waals surface area contributed by atoms with Gasteiger partial charge in [-0.2, -0.15) is 0 Å². The molecule has 3 rings (SSSR count). The molecular weight excluding hydrogens is 337 g/mol. The first-order valence-corrected chi connectivity index (χ1v) is 7.70. The van der Waals surface area contributed by atoms with Crippen LogP contribution in [-0.2, 0) is 11.3 Å². The van der Waals surface area contributed by atoms with Crippen molar-refractivity contribution in [3.05, 3.63) is 29.5 Å². The molecule has 0 atom stereocenters. The molecule has 0 spiro atoms. The fourth-order valence-electron chi connectivity index (χ4n) is 2.71. The lowest BCUT2D eigenvalue weighted by molar-refractivity contribution is -0.130. The van der Waals surface area contributed by atoms with Crippen molar-refractivity contribution in [3.8, 4) is 11.4 Å². The topological polar surface area (TPSA) is 63.1 Å². The molecule has 1 fully saturated rings. The van der Waals surface area contributed by atoms with Gasteiger partial charge in [-0.15, -0.1) is 22.6 Å². The Balaban J connectivity index is 0.00000192. The van der Waals surface area contributed by atoms with Crippen LogP contribution < -0.4 is 5.32 Å². The molecule has 0 aliphatic carbocycles. The van der Waals surface area contributed by atoms with E-state index in [0.29, 0.717) is 10.8 Å². The highest BCUT2D eigenvalue weighted by molar-refractivity contribution is 6.31. The maximum Gasteiger partial charge on any atom is 0.242 e. The van der Waals surface area contributed by atoms with E-state index in [2.05, 4.69) is 15.5 Å². The van der Waals surface area contributed by atoms with Crippen molar-refractivity contribution in [2.45, 2.75) is 19.4 Å². The van der Waals surface area contributed by atoms with E-state index in [1.165, 1.54) is 0 Å². The number of carbonyl (C=O) groups excluding carboxylic acids is 1. The van der Waals surface area contributed by atoms with E-state index in [9.17, 15) is 4.79 Å². The van der Waals surface area contributed by atoms with E-state index in [4.69, 9.17) is 11.6 Å². The fraction of sp³-hybridized carbons (Fsp3) is 0.400. The summed E-state index contributed by atoms with van der Waals surface area (Å²) in [4.78, 5) is 14.2. The summed E-state index contributed by atoms with van der Waals surface area (Å²) in [5, 5.41) is 11.8. The average molecular weight is 356 g/mol. The molecule has 0 bridgehead atoms. The zero-order valence-electron chi connectivity index (χ0n) is 12.8. The second-order valence-electron chi connectivity index (χ2n) is 5.31. The van der Waals surface area contributed by atoms with Crippen LogP contribution in [0.15, 0.2) is 24.5 Å². The number of halogens is 2. The Kier molecular flexibility index (Phi) is 5.85. The smallest absolute Gasteiger partial charge is 0.242 e. The van der Waals surface area contributed by atoms with E-state index in [0.717, 1.165) is 37.2 Å². The Bertz CT molecular complexity index is 682. The third-order valence-electron chi connectivity index (χ3n) is 3.87. The molecule has 1 aromatic carbocycles. The summed E-state index contributed by atoms with van der Waals surface area (Å²) < 4.78 is 1.77. The first-order chi connectivity index (χ1) is 10.7. The normalized spacial score (nSPS) is 13.7.